The van der Waals surface area contributed by atoms with Crippen LogP contribution < -0.4 is 15.8 Å². The van der Waals surface area contributed by atoms with Crippen LogP contribution in [0.15, 0.2) is 41.7 Å². The largest absolute Gasteiger partial charge is 0.495 e. The number of amides is 1. The molecule has 3 rings (SSSR count). The van der Waals surface area contributed by atoms with E-state index in [0.29, 0.717) is 23.6 Å². The lowest BCUT2D eigenvalue weighted by atomic mass is 9.91. The zero-order chi connectivity index (χ0) is 21.7. The van der Waals surface area contributed by atoms with Crippen molar-refractivity contribution in [2.75, 3.05) is 19.0 Å². The van der Waals surface area contributed by atoms with Gasteiger partial charge in [-0.25, -0.2) is 9.98 Å². The lowest BCUT2D eigenvalue weighted by molar-refractivity contribution is -0.128. The van der Waals surface area contributed by atoms with Crippen molar-refractivity contribution in [2.24, 2.45) is 10.7 Å². The van der Waals surface area contributed by atoms with E-state index in [1.165, 1.54) is 31.3 Å². The van der Waals surface area contributed by atoms with Crippen LogP contribution in [0.3, 0.4) is 0 Å². The number of alkyl halides is 2. The average Bonchev–Trinajstić information content (AvgIpc) is 2.72. The molecule has 8 nitrogen and oxygen atoms in total. The summed E-state index contributed by atoms with van der Waals surface area (Å²) in [6.07, 6.45) is 3.39. The Hall–Kier alpha value is -2.79. The van der Waals surface area contributed by atoms with E-state index in [4.69, 9.17) is 10.5 Å². The fourth-order valence-electron chi connectivity index (χ4n) is 3.04. The van der Waals surface area contributed by atoms with E-state index >= 15 is 0 Å². The first-order chi connectivity index (χ1) is 14.3. The normalized spacial score (nSPS) is 21.2. The van der Waals surface area contributed by atoms with Crippen molar-refractivity contribution in [3.63, 3.8) is 0 Å². The Kier molecular flexibility index (Phi) is 6.83. The van der Waals surface area contributed by atoms with E-state index < -0.39 is 18.1 Å². The van der Waals surface area contributed by atoms with Gasteiger partial charge in [0.25, 0.3) is 5.91 Å². The number of nitrogens with zero attached hydrogens (tertiary/aromatic N) is 3. The Morgan fingerprint density at radius 2 is 2.20 bits per heavy atom. The highest BCUT2D eigenvalue weighted by Gasteiger charge is 2.36. The zero-order valence-electron chi connectivity index (χ0n) is 16.3. The molecule has 2 atom stereocenters. The zero-order valence-corrected chi connectivity index (χ0v) is 17.2. The number of aromatic nitrogens is 2. The van der Waals surface area contributed by atoms with Gasteiger partial charge >= 0.3 is 6.61 Å². The summed E-state index contributed by atoms with van der Waals surface area (Å²) in [4.78, 5) is 25.3. The lowest BCUT2D eigenvalue weighted by Crippen LogP contribution is -2.36. The van der Waals surface area contributed by atoms with Gasteiger partial charge in [0.1, 0.15) is 17.0 Å². The molecule has 2 aromatic rings. The van der Waals surface area contributed by atoms with Crippen LogP contribution in [-0.2, 0) is 10.3 Å². The molecule has 3 heterocycles. The van der Waals surface area contributed by atoms with Crippen molar-refractivity contribution >= 4 is 28.5 Å². The number of pyridine rings is 2. The second kappa shape index (κ2) is 9.35. The SMILES string of the molecule is COc1ccc(C(=O)Nc2ccnc([C@]3(C)C[C@@H](COC(F)F)SC(N)=N3)c2)nc1. The Balaban J connectivity index is 1.76. The molecule has 0 radical (unpaired) electrons. The molecule has 0 aliphatic carbocycles. The van der Waals surface area contributed by atoms with Crippen molar-refractivity contribution in [3.05, 3.63) is 48.0 Å². The van der Waals surface area contributed by atoms with Crippen LogP contribution >= 0.6 is 11.8 Å². The number of amidine groups is 1. The van der Waals surface area contributed by atoms with Crippen LogP contribution in [0, 0.1) is 0 Å². The van der Waals surface area contributed by atoms with Gasteiger partial charge in [0.2, 0.25) is 0 Å². The first-order valence-electron chi connectivity index (χ1n) is 8.99. The molecular formula is C19H21F2N5O3S. The van der Waals surface area contributed by atoms with Gasteiger partial charge in [0.05, 0.1) is 25.6 Å². The Morgan fingerprint density at radius 1 is 1.40 bits per heavy atom. The van der Waals surface area contributed by atoms with E-state index in [2.05, 4.69) is 25.0 Å². The van der Waals surface area contributed by atoms with Crippen LogP contribution in [0.5, 0.6) is 5.75 Å². The lowest BCUT2D eigenvalue weighted by Gasteiger charge is -2.33. The van der Waals surface area contributed by atoms with Gasteiger partial charge in [-0.15, -0.1) is 0 Å². The van der Waals surface area contributed by atoms with Crippen molar-refractivity contribution in [2.45, 2.75) is 30.7 Å². The summed E-state index contributed by atoms with van der Waals surface area (Å²) in [5.74, 6) is 0.145. The smallest absolute Gasteiger partial charge is 0.345 e. The number of hydrogen-bond acceptors (Lipinski definition) is 8. The number of nitrogens with one attached hydrogen (secondary N) is 1. The van der Waals surface area contributed by atoms with Crippen LogP contribution in [0.1, 0.15) is 29.5 Å². The molecule has 3 N–H and O–H groups in total. The predicted octanol–water partition coefficient (Wildman–Crippen LogP) is 3.01. The third kappa shape index (κ3) is 5.42. The van der Waals surface area contributed by atoms with E-state index in [9.17, 15) is 13.6 Å². The number of nitrogens with two attached hydrogens (primary N) is 1. The molecule has 1 aliphatic heterocycles. The third-order valence-electron chi connectivity index (χ3n) is 4.45. The first kappa shape index (κ1) is 21.9. The number of ether oxygens (including phenoxy) is 2. The quantitative estimate of drug-likeness (QED) is 0.685. The van der Waals surface area contributed by atoms with Crippen molar-refractivity contribution in [1.29, 1.82) is 0 Å². The summed E-state index contributed by atoms with van der Waals surface area (Å²) < 4.78 is 34.3. The summed E-state index contributed by atoms with van der Waals surface area (Å²) in [7, 11) is 1.51. The fraction of sp³-hybridized carbons (Fsp3) is 0.368. The fourth-order valence-corrected chi connectivity index (χ4v) is 4.19. The van der Waals surface area contributed by atoms with Gasteiger partial charge in [-0.3, -0.25) is 9.78 Å². The number of halogens is 2. The summed E-state index contributed by atoms with van der Waals surface area (Å²) >= 11 is 1.19. The molecule has 30 heavy (non-hydrogen) atoms. The second-order valence-corrected chi connectivity index (χ2v) is 8.05. The number of anilines is 1. The highest BCUT2D eigenvalue weighted by Crippen LogP contribution is 2.38. The molecule has 0 bridgehead atoms. The third-order valence-corrected chi connectivity index (χ3v) is 5.42. The number of carbonyl (C=O) groups is 1. The monoisotopic (exact) mass is 437 g/mol. The van der Waals surface area contributed by atoms with Gasteiger partial charge in [-0.2, -0.15) is 8.78 Å². The van der Waals surface area contributed by atoms with E-state index in [1.807, 2.05) is 6.92 Å². The molecule has 1 amide bonds. The molecule has 0 unspecified atom stereocenters. The minimum atomic E-state index is -2.85. The average molecular weight is 437 g/mol. The molecule has 160 valence electrons. The maximum atomic E-state index is 12.5. The first-order valence-corrected chi connectivity index (χ1v) is 9.87. The summed E-state index contributed by atoms with van der Waals surface area (Å²) in [5, 5.41) is 2.73. The highest BCUT2D eigenvalue weighted by atomic mass is 32.2. The molecule has 0 fully saturated rings. The Labute approximate surface area is 176 Å². The number of aliphatic imine (C=N–C) groups is 1. The van der Waals surface area contributed by atoms with Gasteiger partial charge in [0, 0.05) is 17.1 Å². The van der Waals surface area contributed by atoms with E-state index in [-0.39, 0.29) is 22.7 Å². The molecule has 0 spiro atoms. The number of methoxy groups -OCH3 is 1. The standard InChI is InChI=1S/C19H21F2N5O3S/c1-19(8-13(10-29-17(20)21)30-18(22)26-19)15-7-11(5-6-23-15)25-16(27)14-4-3-12(28-2)9-24-14/h3-7,9,13,17H,8,10H2,1-2H3,(H2,22,26)(H,23,25,27)/t13-,19-/m0/s1. The van der Waals surface area contributed by atoms with Crippen LogP contribution in [-0.4, -0.2) is 46.6 Å². The topological polar surface area (TPSA) is 112 Å². The van der Waals surface area contributed by atoms with Gasteiger partial charge in [-0.1, -0.05) is 11.8 Å². The highest BCUT2D eigenvalue weighted by molar-refractivity contribution is 8.14. The minimum absolute atomic E-state index is 0.159. The van der Waals surface area contributed by atoms with Crippen LogP contribution in [0.2, 0.25) is 0 Å². The minimum Gasteiger partial charge on any atom is -0.495 e. The number of carbonyl (C=O) groups excluding carboxylic acids is 1. The van der Waals surface area contributed by atoms with Gasteiger partial charge in [-0.05, 0) is 37.6 Å². The van der Waals surface area contributed by atoms with E-state index in [1.54, 1.807) is 24.3 Å². The van der Waals surface area contributed by atoms with Gasteiger partial charge in [0.15, 0.2) is 5.17 Å². The van der Waals surface area contributed by atoms with Crippen LogP contribution in [0.25, 0.3) is 0 Å². The molecule has 0 aromatic carbocycles. The molecule has 0 saturated carbocycles. The number of thioether (sulfide) groups is 1. The maximum absolute atomic E-state index is 12.5. The molecular weight excluding hydrogens is 416 g/mol. The Bertz CT molecular complexity index is 929. The second-order valence-electron chi connectivity index (χ2n) is 6.73. The van der Waals surface area contributed by atoms with Crippen molar-refractivity contribution < 1.29 is 23.0 Å². The predicted molar refractivity (Wildman–Crippen MR) is 110 cm³/mol. The summed E-state index contributed by atoms with van der Waals surface area (Å²) in [5.41, 5.74) is 6.34. The summed E-state index contributed by atoms with van der Waals surface area (Å²) in [6, 6.07) is 6.50. The molecule has 11 heteroatoms. The Morgan fingerprint density at radius 3 is 2.87 bits per heavy atom. The maximum Gasteiger partial charge on any atom is 0.345 e. The molecule has 0 saturated heterocycles. The van der Waals surface area contributed by atoms with Crippen molar-refractivity contribution in [1.82, 2.24) is 9.97 Å². The molecule has 1 aliphatic rings. The molecule has 2 aromatic heterocycles. The number of rotatable bonds is 7. The summed E-state index contributed by atoms with van der Waals surface area (Å²) in [6.45, 7) is -1.19. The van der Waals surface area contributed by atoms with Crippen molar-refractivity contribution in [3.8, 4) is 5.75 Å². The van der Waals surface area contributed by atoms with Crippen LogP contribution in [0.4, 0.5) is 14.5 Å². The van der Waals surface area contributed by atoms with Gasteiger partial charge < -0.3 is 20.5 Å². The van der Waals surface area contributed by atoms with E-state index in [0.717, 1.165) is 0 Å². The number of hydrogen-bond donors (Lipinski definition) is 2.